The van der Waals surface area contributed by atoms with Gasteiger partial charge in [-0.1, -0.05) is 18.2 Å². The van der Waals surface area contributed by atoms with Crippen molar-refractivity contribution in [3.8, 4) is 0 Å². The third kappa shape index (κ3) is 3.72. The van der Waals surface area contributed by atoms with Crippen molar-refractivity contribution in [2.75, 3.05) is 44.2 Å². The highest BCUT2D eigenvalue weighted by Crippen LogP contribution is 2.35. The number of carbonyl (C=O) groups is 2. The number of aryl methyl sites for hydroxylation is 2. The first kappa shape index (κ1) is 19.2. The third-order valence-electron chi connectivity index (χ3n) is 6.68. The van der Waals surface area contributed by atoms with Crippen LogP contribution in [0.5, 0.6) is 0 Å². The Labute approximate surface area is 168 Å². The summed E-state index contributed by atoms with van der Waals surface area (Å²) < 4.78 is 0. The van der Waals surface area contributed by atoms with Crippen molar-refractivity contribution >= 4 is 17.5 Å². The van der Waals surface area contributed by atoms with Crippen LogP contribution in [0.2, 0.25) is 0 Å². The standard InChI is InChI=1S/C23H31N3O2/c1-17-8-9-19(16-18(17)2)25-14-12-24(13-15-25)10-5-11-26-22(27)20-6-3-4-7-21(20)23(26)28/h3-4,8-9,16,20-21H,5-7,10-15H2,1-2H3. The van der Waals surface area contributed by atoms with Crippen molar-refractivity contribution in [2.45, 2.75) is 33.1 Å². The molecule has 2 heterocycles. The topological polar surface area (TPSA) is 43.9 Å². The Morgan fingerprint density at radius 1 is 0.857 bits per heavy atom. The molecule has 2 atom stereocenters. The first-order chi connectivity index (χ1) is 13.5. The largest absolute Gasteiger partial charge is 0.369 e. The molecule has 3 aliphatic rings. The van der Waals surface area contributed by atoms with Gasteiger partial charge in [-0.3, -0.25) is 19.4 Å². The molecular weight excluding hydrogens is 350 g/mol. The Hall–Kier alpha value is -2.14. The van der Waals surface area contributed by atoms with Gasteiger partial charge in [0, 0.05) is 38.4 Å². The second-order valence-corrected chi connectivity index (χ2v) is 8.43. The van der Waals surface area contributed by atoms with Crippen LogP contribution in [-0.2, 0) is 9.59 Å². The van der Waals surface area contributed by atoms with Crippen LogP contribution in [-0.4, -0.2) is 60.9 Å². The molecule has 28 heavy (non-hydrogen) atoms. The zero-order valence-electron chi connectivity index (χ0n) is 17.1. The fraction of sp³-hybridized carbons (Fsp3) is 0.565. The van der Waals surface area contributed by atoms with E-state index < -0.39 is 0 Å². The van der Waals surface area contributed by atoms with E-state index in [2.05, 4.69) is 41.8 Å². The Morgan fingerprint density at radius 3 is 2.11 bits per heavy atom. The Morgan fingerprint density at radius 2 is 1.50 bits per heavy atom. The molecule has 0 saturated carbocycles. The van der Waals surface area contributed by atoms with Gasteiger partial charge in [0.2, 0.25) is 11.8 Å². The van der Waals surface area contributed by atoms with Gasteiger partial charge in [-0.2, -0.15) is 0 Å². The molecule has 5 heteroatoms. The maximum Gasteiger partial charge on any atom is 0.233 e. The smallest absolute Gasteiger partial charge is 0.233 e. The highest BCUT2D eigenvalue weighted by molar-refractivity contribution is 6.05. The predicted octanol–water partition coefficient (Wildman–Crippen LogP) is 2.77. The number of anilines is 1. The first-order valence-corrected chi connectivity index (χ1v) is 10.6. The number of imide groups is 1. The average Bonchev–Trinajstić information content (AvgIpc) is 2.96. The van der Waals surface area contributed by atoms with E-state index in [0.29, 0.717) is 6.54 Å². The number of rotatable bonds is 5. The summed E-state index contributed by atoms with van der Waals surface area (Å²) in [5.74, 6) is -0.0872. The van der Waals surface area contributed by atoms with Crippen LogP contribution in [0.3, 0.4) is 0 Å². The summed E-state index contributed by atoms with van der Waals surface area (Å²) in [7, 11) is 0. The number of carbonyl (C=O) groups excluding carboxylic acids is 2. The molecule has 150 valence electrons. The number of hydrogen-bond acceptors (Lipinski definition) is 4. The highest BCUT2D eigenvalue weighted by Gasteiger charge is 2.46. The lowest BCUT2D eigenvalue weighted by Crippen LogP contribution is -2.47. The van der Waals surface area contributed by atoms with Crippen molar-refractivity contribution in [1.82, 2.24) is 9.80 Å². The molecule has 5 nitrogen and oxygen atoms in total. The van der Waals surface area contributed by atoms with Crippen molar-refractivity contribution in [2.24, 2.45) is 11.8 Å². The van der Waals surface area contributed by atoms with E-state index >= 15 is 0 Å². The van der Waals surface area contributed by atoms with Crippen molar-refractivity contribution in [3.05, 3.63) is 41.5 Å². The van der Waals surface area contributed by atoms with Crippen LogP contribution in [0.15, 0.2) is 30.4 Å². The summed E-state index contributed by atoms with van der Waals surface area (Å²) in [6.07, 6.45) is 6.42. The number of benzene rings is 1. The summed E-state index contributed by atoms with van der Waals surface area (Å²) in [6, 6.07) is 6.70. The van der Waals surface area contributed by atoms with Gasteiger partial charge in [-0.25, -0.2) is 0 Å². The van der Waals surface area contributed by atoms with Crippen LogP contribution in [0.25, 0.3) is 0 Å². The van der Waals surface area contributed by atoms with Gasteiger partial charge in [0.15, 0.2) is 0 Å². The number of piperazine rings is 1. The number of hydrogen-bond donors (Lipinski definition) is 0. The summed E-state index contributed by atoms with van der Waals surface area (Å²) in [6.45, 7) is 9.96. The van der Waals surface area contributed by atoms with Gasteiger partial charge in [0.25, 0.3) is 0 Å². The molecule has 0 radical (unpaired) electrons. The molecule has 4 rings (SSSR count). The molecule has 2 saturated heterocycles. The number of amides is 2. The Bertz CT molecular complexity index is 754. The normalized spacial score (nSPS) is 25.5. The van der Waals surface area contributed by atoms with Gasteiger partial charge in [-0.15, -0.1) is 0 Å². The van der Waals surface area contributed by atoms with E-state index in [4.69, 9.17) is 0 Å². The summed E-state index contributed by atoms with van der Waals surface area (Å²) in [4.78, 5) is 31.5. The van der Waals surface area contributed by atoms with Crippen LogP contribution in [0.1, 0.15) is 30.4 Å². The van der Waals surface area contributed by atoms with Gasteiger partial charge >= 0.3 is 0 Å². The molecule has 0 bridgehead atoms. The number of likely N-dealkylation sites (tertiary alicyclic amines) is 1. The summed E-state index contributed by atoms with van der Waals surface area (Å²) in [5.41, 5.74) is 3.99. The maximum atomic E-state index is 12.5. The maximum absolute atomic E-state index is 12.5. The molecule has 1 aliphatic carbocycles. The monoisotopic (exact) mass is 381 g/mol. The van der Waals surface area contributed by atoms with Crippen molar-refractivity contribution in [1.29, 1.82) is 0 Å². The fourth-order valence-electron chi connectivity index (χ4n) is 4.69. The van der Waals surface area contributed by atoms with Crippen LogP contribution >= 0.6 is 0 Å². The SMILES string of the molecule is Cc1ccc(N2CCN(CCCN3C(=O)C4CC=CCC4C3=O)CC2)cc1C. The molecule has 1 aromatic rings. The second kappa shape index (κ2) is 8.08. The molecule has 0 N–H and O–H groups in total. The third-order valence-corrected chi connectivity index (χ3v) is 6.68. The molecule has 0 spiro atoms. The molecule has 2 amide bonds. The number of fused-ring (bicyclic) bond motifs is 1. The lowest BCUT2D eigenvalue weighted by atomic mass is 9.85. The Balaban J connectivity index is 1.23. The summed E-state index contributed by atoms with van der Waals surface area (Å²) in [5, 5.41) is 0. The zero-order valence-corrected chi connectivity index (χ0v) is 17.1. The molecule has 2 unspecified atom stereocenters. The minimum Gasteiger partial charge on any atom is -0.369 e. The zero-order chi connectivity index (χ0) is 19.7. The van der Waals surface area contributed by atoms with Crippen LogP contribution in [0.4, 0.5) is 5.69 Å². The average molecular weight is 382 g/mol. The molecule has 1 aromatic carbocycles. The van der Waals surface area contributed by atoms with Gasteiger partial charge in [0.05, 0.1) is 11.8 Å². The number of nitrogens with zero attached hydrogens (tertiary/aromatic N) is 3. The second-order valence-electron chi connectivity index (χ2n) is 8.43. The van der Waals surface area contributed by atoms with Crippen LogP contribution < -0.4 is 4.90 Å². The van der Waals surface area contributed by atoms with Gasteiger partial charge < -0.3 is 4.90 Å². The van der Waals surface area contributed by atoms with Gasteiger partial charge in [-0.05, 0) is 62.9 Å². The summed E-state index contributed by atoms with van der Waals surface area (Å²) >= 11 is 0. The van der Waals surface area contributed by atoms with Crippen molar-refractivity contribution < 1.29 is 9.59 Å². The predicted molar refractivity (Wildman–Crippen MR) is 111 cm³/mol. The lowest BCUT2D eigenvalue weighted by molar-refractivity contribution is -0.140. The first-order valence-electron chi connectivity index (χ1n) is 10.6. The van der Waals surface area contributed by atoms with Gasteiger partial charge in [0.1, 0.15) is 0 Å². The number of allylic oxidation sites excluding steroid dienone is 2. The Kier molecular flexibility index (Phi) is 5.54. The highest BCUT2D eigenvalue weighted by atomic mass is 16.2. The van der Waals surface area contributed by atoms with E-state index in [1.54, 1.807) is 0 Å². The van der Waals surface area contributed by atoms with Crippen LogP contribution in [0, 0.1) is 25.7 Å². The molecular formula is C23H31N3O2. The quantitative estimate of drug-likeness (QED) is 0.581. The minimum absolute atomic E-state index is 0.0545. The van der Waals surface area contributed by atoms with E-state index in [1.165, 1.54) is 21.7 Å². The van der Waals surface area contributed by atoms with E-state index in [-0.39, 0.29) is 23.7 Å². The van der Waals surface area contributed by atoms with E-state index in [1.807, 2.05) is 12.2 Å². The fourth-order valence-corrected chi connectivity index (χ4v) is 4.69. The van der Waals surface area contributed by atoms with E-state index in [0.717, 1.165) is 52.0 Å². The minimum atomic E-state index is -0.0981. The molecule has 2 aliphatic heterocycles. The van der Waals surface area contributed by atoms with E-state index in [9.17, 15) is 9.59 Å². The molecule has 2 fully saturated rings. The van der Waals surface area contributed by atoms with Crippen molar-refractivity contribution in [3.63, 3.8) is 0 Å². The molecule has 0 aromatic heterocycles. The lowest BCUT2D eigenvalue weighted by Gasteiger charge is -2.36.